The fourth-order valence-corrected chi connectivity index (χ4v) is 24.4. The highest BCUT2D eigenvalue weighted by Crippen LogP contribution is 2.64. The minimum Gasteiger partial charge on any atom is -0.310 e. The van der Waals surface area contributed by atoms with Gasteiger partial charge in [0.05, 0.1) is 60.8 Å². The number of nitrogens with zero attached hydrogens (tertiary/aromatic N) is 8. The normalized spacial score (nSPS) is 12.4. The summed E-state index contributed by atoms with van der Waals surface area (Å²) in [5.41, 5.74) is 39.4. The van der Waals surface area contributed by atoms with Crippen molar-refractivity contribution in [2.45, 2.75) is 5.41 Å². The van der Waals surface area contributed by atoms with Gasteiger partial charge in [0.15, 0.2) is 0 Å². The van der Waals surface area contributed by atoms with Crippen molar-refractivity contribution in [2.75, 3.05) is 9.80 Å². The minimum absolute atomic E-state index is 0.364. The topological polar surface area (TPSA) is 58.4 Å². The molecule has 30 aromatic rings. The van der Waals surface area contributed by atoms with Crippen LogP contribution in [0, 0.1) is 0 Å². The molecule has 0 saturated heterocycles. The molecule has 6 aromatic heterocycles. The van der Waals surface area contributed by atoms with Gasteiger partial charge in [0.25, 0.3) is 0 Å². The van der Waals surface area contributed by atoms with Crippen molar-refractivity contribution >= 4 is 192 Å². The summed E-state index contributed by atoms with van der Waals surface area (Å²) in [4.78, 5) is 20.3. The molecule has 0 aliphatic heterocycles. The zero-order chi connectivity index (χ0) is 97.2. The molecule has 0 fully saturated rings. The van der Waals surface area contributed by atoms with E-state index in [2.05, 4.69) is 557 Å². The van der Waals surface area contributed by atoms with Crippen LogP contribution in [0.2, 0.25) is 0 Å². The Hall–Kier alpha value is -19.7. The third kappa shape index (κ3) is 13.3. The molecule has 24 aromatic carbocycles. The number of imidazole rings is 3. The molecule has 0 atom stereocenters. The Bertz CT molecular complexity index is 10600. The molecule has 0 saturated carbocycles. The highest BCUT2D eigenvalue weighted by atomic mass is 15.2. The van der Waals surface area contributed by atoms with Crippen molar-refractivity contribution in [1.29, 1.82) is 0 Å². The summed E-state index contributed by atoms with van der Waals surface area (Å²) in [5.74, 6) is 0. The van der Waals surface area contributed by atoms with Gasteiger partial charge in [-0.15, -0.1) is 0 Å². The lowest BCUT2D eigenvalue weighted by Gasteiger charge is -2.30. The summed E-state index contributed by atoms with van der Waals surface area (Å²) in [7, 11) is 0. The van der Waals surface area contributed by atoms with Gasteiger partial charge in [-0.2, -0.15) is 0 Å². The molecular weight excluding hydrogens is 1790 g/mol. The number of hydrogen-bond acceptors (Lipinski definition) is 5. The zero-order valence-electron chi connectivity index (χ0n) is 80.4. The molecule has 8 nitrogen and oxygen atoms in total. The smallest absolute Gasteiger partial charge is 0.146 e. The molecule has 0 unspecified atom stereocenters. The minimum atomic E-state index is -0.364. The molecule has 0 radical (unpaired) electrons. The van der Waals surface area contributed by atoms with E-state index in [1.54, 1.807) is 0 Å². The van der Waals surface area contributed by atoms with Crippen LogP contribution in [0.1, 0.15) is 22.3 Å². The fraction of sp³-hybridized carbons (Fsp3) is 0.00714. The lowest BCUT2D eigenvalue weighted by Crippen LogP contribution is -2.25. The van der Waals surface area contributed by atoms with E-state index in [0.29, 0.717) is 0 Å². The molecule has 0 bridgehead atoms. The van der Waals surface area contributed by atoms with Crippen molar-refractivity contribution in [2.24, 2.45) is 0 Å². The Balaban J connectivity index is 0.000000102. The van der Waals surface area contributed by atoms with E-state index in [9.17, 15) is 0 Å². The number of fused-ring (bicyclic) bond motifs is 38. The first kappa shape index (κ1) is 84.1. The third-order valence-corrected chi connectivity index (χ3v) is 31.2. The summed E-state index contributed by atoms with van der Waals surface area (Å²) in [6.45, 7) is 0. The Labute approximate surface area is 852 Å². The number of pyridine rings is 3. The van der Waals surface area contributed by atoms with Crippen LogP contribution in [0.25, 0.3) is 225 Å². The number of anilines is 6. The largest absolute Gasteiger partial charge is 0.310 e. The predicted octanol–water partition coefficient (Wildman–Crippen LogP) is 36.9. The molecule has 1 spiro atoms. The molecule has 0 N–H and O–H groups in total. The monoisotopic (exact) mass is 1880 g/mol. The van der Waals surface area contributed by atoms with E-state index < -0.39 is 0 Å². The van der Waals surface area contributed by atoms with Crippen LogP contribution in [0.4, 0.5) is 34.1 Å². The lowest BCUT2D eigenvalue weighted by molar-refractivity contribution is 0.794. The van der Waals surface area contributed by atoms with Gasteiger partial charge in [-0.1, -0.05) is 376 Å². The highest BCUT2D eigenvalue weighted by Gasteiger charge is 2.52. The number of benzene rings is 24. The Morgan fingerprint density at radius 1 is 0.155 bits per heavy atom. The van der Waals surface area contributed by atoms with E-state index in [4.69, 9.17) is 15.0 Å². The Kier molecular flexibility index (Phi) is 19.2. The van der Waals surface area contributed by atoms with Gasteiger partial charge in [0, 0.05) is 66.1 Å². The van der Waals surface area contributed by atoms with Gasteiger partial charge < -0.3 is 9.80 Å². The summed E-state index contributed by atoms with van der Waals surface area (Å²) in [6, 6.07) is 194. The standard InChI is InChI=1S/C48H28N2.C47H31N3.C45H29N3/c1-2-12-30-26-39-38(25-29(30)11-1)37-24-22-32(28-46(37)50-45-20-10-9-19-44(45)49-47(39)50)31-21-23-36-35-15-5-8-18-42(35)48(43(36)27-31)40-16-6-3-13-33(40)34-14-4-7-17-41(34)48;1-3-11-32(12-4-1)34-19-23-38(24-20-34)49(39-25-21-35(22-26-39)33-13-5-2-6-14-33)40-27-28-41-42-29-36-15-7-8-16-37(36)30-43(42)47-48-44-17-9-10-18-45(44)50(47)46(41)31-40;1-2-15-35(16-3-1)47(42-20-10-14-31-11-6-7-17-37(31)42)36-24-21-30(22-25-36)34-23-26-38-39-27-32-12-4-5-13-33(32)28-40(39)45-46-41-18-8-9-19-43(41)48(45)44(38)29-34/h1-28H;1-31H;1-29H. The maximum Gasteiger partial charge on any atom is 0.146 e. The van der Waals surface area contributed by atoms with Gasteiger partial charge in [0.1, 0.15) is 16.9 Å². The second-order valence-corrected chi connectivity index (χ2v) is 39.2. The molecule has 2 aliphatic rings. The predicted molar refractivity (Wildman–Crippen MR) is 621 cm³/mol. The molecule has 8 heteroatoms. The number of hydrogen-bond donors (Lipinski definition) is 0. The third-order valence-electron chi connectivity index (χ3n) is 31.2. The quantitative estimate of drug-likeness (QED) is 0.101. The summed E-state index contributed by atoms with van der Waals surface area (Å²) in [5, 5.41) is 20.6. The first-order chi connectivity index (χ1) is 73.4. The van der Waals surface area contributed by atoms with Gasteiger partial charge in [-0.05, 0) is 301 Å². The van der Waals surface area contributed by atoms with Crippen LogP contribution in [0.5, 0.6) is 0 Å². The van der Waals surface area contributed by atoms with Crippen LogP contribution in [0.15, 0.2) is 534 Å². The lowest BCUT2D eigenvalue weighted by atomic mass is 9.70. The molecule has 2 aliphatic carbocycles. The second-order valence-electron chi connectivity index (χ2n) is 39.2. The van der Waals surface area contributed by atoms with Crippen molar-refractivity contribution in [3.8, 4) is 66.8 Å². The van der Waals surface area contributed by atoms with Crippen LogP contribution >= 0.6 is 0 Å². The molecule has 148 heavy (non-hydrogen) atoms. The van der Waals surface area contributed by atoms with Gasteiger partial charge in [-0.25, -0.2) is 15.0 Å². The average Bonchev–Trinajstić information content (AvgIpc) is 1.50. The zero-order valence-corrected chi connectivity index (χ0v) is 80.4. The van der Waals surface area contributed by atoms with Gasteiger partial charge >= 0.3 is 0 Å². The maximum absolute atomic E-state index is 5.23. The van der Waals surface area contributed by atoms with Crippen molar-refractivity contribution < 1.29 is 0 Å². The van der Waals surface area contributed by atoms with E-state index in [1.165, 1.54) is 181 Å². The first-order valence-electron chi connectivity index (χ1n) is 50.8. The van der Waals surface area contributed by atoms with Crippen molar-refractivity contribution in [3.05, 3.63) is 556 Å². The Morgan fingerprint density at radius 2 is 0.446 bits per heavy atom. The van der Waals surface area contributed by atoms with Crippen LogP contribution in [-0.4, -0.2) is 28.2 Å². The molecule has 6 heterocycles. The molecular formula is C140H88N8. The second kappa shape index (κ2) is 33.8. The van der Waals surface area contributed by atoms with Gasteiger partial charge in [0.2, 0.25) is 0 Å². The summed E-state index contributed by atoms with van der Waals surface area (Å²) >= 11 is 0. The van der Waals surface area contributed by atoms with E-state index in [1.807, 2.05) is 0 Å². The average molecular weight is 1880 g/mol. The van der Waals surface area contributed by atoms with Crippen LogP contribution in [0.3, 0.4) is 0 Å². The molecule has 688 valence electrons. The number of rotatable bonds is 10. The number of para-hydroxylation sites is 7. The van der Waals surface area contributed by atoms with Crippen LogP contribution < -0.4 is 9.80 Å². The first-order valence-corrected chi connectivity index (χ1v) is 50.8. The van der Waals surface area contributed by atoms with Crippen molar-refractivity contribution in [1.82, 2.24) is 28.2 Å². The molecule has 0 amide bonds. The Morgan fingerprint density at radius 3 is 0.885 bits per heavy atom. The summed E-state index contributed by atoms with van der Waals surface area (Å²) in [6.07, 6.45) is 0. The van der Waals surface area contributed by atoms with Gasteiger partial charge in [-0.3, -0.25) is 13.2 Å². The van der Waals surface area contributed by atoms with E-state index in [-0.39, 0.29) is 5.41 Å². The maximum atomic E-state index is 5.23. The highest BCUT2D eigenvalue weighted by molar-refractivity contribution is 6.22. The fourth-order valence-electron chi connectivity index (χ4n) is 24.4. The SMILES string of the molecule is c1ccc(-c2ccc(N(c3ccc(-c4ccccc4)cc3)c3ccc4c5cc6ccccc6cc5c5nc6ccccc6n5c4c3)cc2)cc1.c1ccc(N(c2ccc(-c3ccc4c5cc6ccccc6cc5c5nc6ccccc6n5c4c3)cc2)c2cccc3ccccc23)cc1.c1ccc2c(c1)-c1ccccc1C21c2ccccc2-c2ccc(-c3ccc4c5cc6ccccc6cc5c5nc6ccccc6n5c4c3)cc21. The summed E-state index contributed by atoms with van der Waals surface area (Å²) < 4.78 is 7.07. The van der Waals surface area contributed by atoms with Crippen molar-refractivity contribution in [3.63, 3.8) is 0 Å². The number of aromatic nitrogens is 6. The van der Waals surface area contributed by atoms with E-state index >= 15 is 0 Å². The molecule has 32 rings (SSSR count). The van der Waals surface area contributed by atoms with Crippen LogP contribution in [-0.2, 0) is 5.41 Å². The van der Waals surface area contributed by atoms with E-state index in [0.717, 1.165) is 101 Å².